The Kier molecular flexibility index (Phi) is 9.08. The highest BCUT2D eigenvalue weighted by Gasteiger charge is 2.19. The second-order valence-corrected chi connectivity index (χ2v) is 8.84. The molecule has 0 fully saturated rings. The summed E-state index contributed by atoms with van der Waals surface area (Å²) in [5, 5.41) is 0.926. The molecule has 34 heavy (non-hydrogen) atoms. The first-order valence-corrected chi connectivity index (χ1v) is 12.0. The predicted molar refractivity (Wildman–Crippen MR) is 138 cm³/mol. The van der Waals surface area contributed by atoms with Crippen LogP contribution in [0, 0.1) is 6.92 Å². The summed E-state index contributed by atoms with van der Waals surface area (Å²) in [6, 6.07) is 14.4. The Morgan fingerprint density at radius 3 is 2.53 bits per heavy atom. The van der Waals surface area contributed by atoms with Crippen molar-refractivity contribution >= 4 is 40.6 Å². The summed E-state index contributed by atoms with van der Waals surface area (Å²) >= 11 is 12.4. The largest absolute Gasteiger partial charge is 0.491 e. The number of hydrogen-bond donors (Lipinski definition) is 0. The fourth-order valence-electron chi connectivity index (χ4n) is 3.61. The Morgan fingerprint density at radius 1 is 1.03 bits per heavy atom. The number of rotatable bonds is 10. The van der Waals surface area contributed by atoms with Crippen LogP contribution in [-0.4, -0.2) is 30.3 Å². The maximum Gasteiger partial charge on any atom is 0.258 e. The maximum atomic E-state index is 13.4. The predicted octanol–water partition coefficient (Wildman–Crippen LogP) is 7.17. The first-order valence-electron chi connectivity index (χ1n) is 11.3. The van der Waals surface area contributed by atoms with Gasteiger partial charge in [-0.1, -0.05) is 42.3 Å². The smallest absolute Gasteiger partial charge is 0.258 e. The number of carbonyl (C=O) groups is 2. The molecule has 0 saturated heterocycles. The van der Waals surface area contributed by atoms with Gasteiger partial charge >= 0.3 is 0 Å². The van der Waals surface area contributed by atoms with Crippen LogP contribution >= 0.6 is 23.2 Å². The summed E-state index contributed by atoms with van der Waals surface area (Å²) in [6.45, 7) is 4.27. The number of para-hydroxylation sites is 2. The molecule has 0 unspecified atom stereocenters. The number of benzene rings is 2. The SMILES string of the molecule is CCC(=O)CCCCOc1ccccc1N(C)C(=O)c1ccc(Cl)c(-c2cnc(Cl)cc2C)c1. The summed E-state index contributed by atoms with van der Waals surface area (Å²) in [5.74, 6) is 0.687. The summed E-state index contributed by atoms with van der Waals surface area (Å²) < 4.78 is 5.95. The van der Waals surface area contributed by atoms with Crippen LogP contribution in [0.4, 0.5) is 5.69 Å². The molecular weight excluding hydrogens is 471 g/mol. The monoisotopic (exact) mass is 498 g/mol. The van der Waals surface area contributed by atoms with E-state index in [1.165, 1.54) is 0 Å². The summed E-state index contributed by atoms with van der Waals surface area (Å²) in [4.78, 5) is 30.6. The van der Waals surface area contributed by atoms with Crippen molar-refractivity contribution in [2.45, 2.75) is 39.5 Å². The van der Waals surface area contributed by atoms with Crippen molar-refractivity contribution in [3.8, 4) is 16.9 Å². The van der Waals surface area contributed by atoms with Crippen molar-refractivity contribution in [3.05, 3.63) is 76.0 Å². The van der Waals surface area contributed by atoms with E-state index in [0.717, 1.165) is 24.0 Å². The van der Waals surface area contributed by atoms with Gasteiger partial charge in [0.2, 0.25) is 0 Å². The highest BCUT2D eigenvalue weighted by atomic mass is 35.5. The molecule has 0 spiro atoms. The minimum absolute atomic E-state index is 0.193. The van der Waals surface area contributed by atoms with Gasteiger partial charge in [-0.3, -0.25) is 9.59 Å². The second-order valence-electron chi connectivity index (χ2n) is 8.05. The van der Waals surface area contributed by atoms with Gasteiger partial charge < -0.3 is 9.64 Å². The van der Waals surface area contributed by atoms with Gasteiger partial charge in [-0.25, -0.2) is 4.98 Å². The molecule has 0 N–H and O–H groups in total. The molecule has 2 aromatic carbocycles. The van der Waals surface area contributed by atoms with Crippen molar-refractivity contribution in [2.75, 3.05) is 18.6 Å². The summed E-state index contributed by atoms with van der Waals surface area (Å²) in [5.41, 5.74) is 3.60. The quantitative estimate of drug-likeness (QED) is 0.219. The van der Waals surface area contributed by atoms with Crippen molar-refractivity contribution in [3.63, 3.8) is 0 Å². The maximum absolute atomic E-state index is 13.4. The number of nitrogens with zero attached hydrogens (tertiary/aromatic N) is 2. The van der Waals surface area contributed by atoms with Gasteiger partial charge in [0.15, 0.2) is 0 Å². The summed E-state index contributed by atoms with van der Waals surface area (Å²) in [6.07, 6.45) is 4.36. The van der Waals surface area contributed by atoms with E-state index >= 15 is 0 Å². The molecule has 0 radical (unpaired) electrons. The van der Waals surface area contributed by atoms with E-state index in [1.54, 1.807) is 42.4 Å². The number of halogens is 2. The number of unbranched alkanes of at least 4 members (excludes halogenated alkanes) is 1. The Labute approximate surface area is 210 Å². The molecule has 3 rings (SSSR count). The van der Waals surface area contributed by atoms with E-state index in [0.29, 0.717) is 52.2 Å². The zero-order valence-corrected chi connectivity index (χ0v) is 21.1. The molecule has 0 aliphatic heterocycles. The number of hydrogen-bond acceptors (Lipinski definition) is 4. The van der Waals surface area contributed by atoms with Gasteiger partial charge in [0.1, 0.15) is 16.7 Å². The summed E-state index contributed by atoms with van der Waals surface area (Å²) in [7, 11) is 1.72. The molecule has 0 saturated carbocycles. The molecule has 1 heterocycles. The van der Waals surface area contributed by atoms with Crippen LogP contribution in [0.15, 0.2) is 54.7 Å². The number of aryl methyl sites for hydroxylation is 1. The van der Waals surface area contributed by atoms with Gasteiger partial charge in [-0.05, 0) is 61.7 Å². The van der Waals surface area contributed by atoms with E-state index in [-0.39, 0.29) is 11.7 Å². The molecule has 0 atom stereocenters. The minimum Gasteiger partial charge on any atom is -0.491 e. The van der Waals surface area contributed by atoms with Gasteiger partial charge in [-0.2, -0.15) is 0 Å². The molecule has 1 aromatic heterocycles. The lowest BCUT2D eigenvalue weighted by molar-refractivity contribution is -0.118. The first kappa shape index (κ1) is 25.7. The van der Waals surface area contributed by atoms with E-state index in [4.69, 9.17) is 27.9 Å². The van der Waals surface area contributed by atoms with Crippen LogP contribution in [-0.2, 0) is 4.79 Å². The van der Waals surface area contributed by atoms with Crippen LogP contribution in [0.2, 0.25) is 10.2 Å². The number of ether oxygens (including phenoxy) is 1. The third-order valence-corrected chi connectivity index (χ3v) is 6.15. The number of Topliss-reactive ketones (excluding diaryl/α,β-unsaturated/α-hetero) is 1. The third-order valence-electron chi connectivity index (χ3n) is 5.61. The van der Waals surface area contributed by atoms with E-state index < -0.39 is 0 Å². The van der Waals surface area contributed by atoms with Crippen LogP contribution in [0.3, 0.4) is 0 Å². The average Bonchev–Trinajstić information content (AvgIpc) is 2.83. The zero-order chi connectivity index (χ0) is 24.7. The lowest BCUT2D eigenvalue weighted by Crippen LogP contribution is -2.26. The molecule has 5 nitrogen and oxygen atoms in total. The van der Waals surface area contributed by atoms with E-state index in [1.807, 2.05) is 38.1 Å². The molecule has 0 bridgehead atoms. The minimum atomic E-state index is -0.193. The standard InChI is InChI=1S/C27H28Cl2N2O3/c1-4-20(32)9-7-8-14-34-25-11-6-5-10-24(25)31(3)27(33)19-12-13-23(28)21(16-19)22-17-30-26(29)15-18(22)2/h5-6,10-13,15-17H,4,7-9,14H2,1-3H3. The molecule has 178 valence electrons. The molecule has 1 amide bonds. The number of amides is 1. The molecule has 0 aliphatic carbocycles. The average molecular weight is 499 g/mol. The highest BCUT2D eigenvalue weighted by molar-refractivity contribution is 6.33. The van der Waals surface area contributed by atoms with E-state index in [2.05, 4.69) is 4.98 Å². The highest BCUT2D eigenvalue weighted by Crippen LogP contribution is 2.33. The Balaban J connectivity index is 1.78. The lowest BCUT2D eigenvalue weighted by atomic mass is 10.0. The number of ketones is 1. The fourth-order valence-corrected chi connectivity index (χ4v) is 4.04. The van der Waals surface area contributed by atoms with E-state index in [9.17, 15) is 9.59 Å². The first-order chi connectivity index (χ1) is 16.3. The van der Waals surface area contributed by atoms with Crippen LogP contribution in [0.5, 0.6) is 5.75 Å². The van der Waals surface area contributed by atoms with Crippen molar-refractivity contribution in [1.82, 2.24) is 4.98 Å². The second kappa shape index (κ2) is 12.0. The number of anilines is 1. The lowest BCUT2D eigenvalue weighted by Gasteiger charge is -2.21. The van der Waals surface area contributed by atoms with Crippen molar-refractivity contribution in [1.29, 1.82) is 0 Å². The van der Waals surface area contributed by atoms with Crippen LogP contribution in [0.1, 0.15) is 48.5 Å². The van der Waals surface area contributed by atoms with Crippen LogP contribution in [0.25, 0.3) is 11.1 Å². The Hall–Kier alpha value is -2.89. The van der Waals surface area contributed by atoms with Gasteiger partial charge in [0.05, 0.1) is 12.3 Å². The zero-order valence-electron chi connectivity index (χ0n) is 19.6. The topological polar surface area (TPSA) is 59.5 Å². The van der Waals surface area contributed by atoms with Crippen molar-refractivity contribution < 1.29 is 14.3 Å². The Morgan fingerprint density at radius 2 is 1.79 bits per heavy atom. The van der Waals surface area contributed by atoms with Gasteiger partial charge in [-0.15, -0.1) is 0 Å². The Bertz CT molecular complexity index is 1180. The number of carbonyl (C=O) groups excluding carboxylic acids is 2. The normalized spacial score (nSPS) is 10.7. The molecule has 0 aliphatic rings. The number of pyridine rings is 1. The molecular formula is C27H28Cl2N2O3. The fraction of sp³-hybridized carbons (Fsp3) is 0.296. The molecule has 3 aromatic rings. The van der Waals surface area contributed by atoms with Crippen LogP contribution < -0.4 is 9.64 Å². The van der Waals surface area contributed by atoms with Gasteiger partial charge in [0.25, 0.3) is 5.91 Å². The van der Waals surface area contributed by atoms with Gasteiger partial charge in [0, 0.05) is 47.8 Å². The number of aromatic nitrogens is 1. The molecule has 7 heteroatoms. The van der Waals surface area contributed by atoms with Crippen molar-refractivity contribution in [2.24, 2.45) is 0 Å². The third kappa shape index (κ3) is 6.37.